The molecule has 0 aromatic heterocycles. The average molecular weight is 482 g/mol. The Morgan fingerprint density at radius 1 is 0.909 bits per heavy atom. The number of nitrogens with one attached hydrogen (secondary N) is 3. The molecule has 3 N–H and O–H groups in total. The van der Waals surface area contributed by atoms with Crippen molar-refractivity contribution in [2.45, 2.75) is 26.4 Å². The van der Waals surface area contributed by atoms with Gasteiger partial charge < -0.3 is 15.4 Å². The quantitative estimate of drug-likeness (QED) is 0.366. The van der Waals surface area contributed by atoms with Crippen LogP contribution in [0, 0.1) is 0 Å². The third-order valence-electron chi connectivity index (χ3n) is 4.72. The van der Waals surface area contributed by atoms with Crippen molar-refractivity contribution in [3.05, 3.63) is 88.9 Å². The van der Waals surface area contributed by atoms with E-state index in [4.69, 9.17) is 28.6 Å². The van der Waals surface area contributed by atoms with Crippen molar-refractivity contribution >= 4 is 52.1 Å². The largest absolute Gasteiger partial charge is 0.491 e. The lowest BCUT2D eigenvalue weighted by molar-refractivity contribution is 0.0975. The van der Waals surface area contributed by atoms with Crippen LogP contribution < -0.4 is 20.7 Å². The Morgan fingerprint density at radius 2 is 1.52 bits per heavy atom. The lowest BCUT2D eigenvalue weighted by Gasteiger charge is -2.14. The number of carbonyl (C=O) groups excluding carboxylic acids is 2. The molecule has 1 atom stereocenters. The van der Waals surface area contributed by atoms with Crippen LogP contribution >= 0.6 is 23.8 Å². The van der Waals surface area contributed by atoms with Crippen LogP contribution in [-0.2, 0) is 0 Å². The lowest BCUT2D eigenvalue weighted by atomic mass is 10.2. The van der Waals surface area contributed by atoms with Crippen molar-refractivity contribution in [3.8, 4) is 5.75 Å². The number of rotatable bonds is 7. The second-order valence-corrected chi connectivity index (χ2v) is 8.16. The highest BCUT2D eigenvalue weighted by Crippen LogP contribution is 2.18. The Bertz CT molecular complexity index is 1150. The molecule has 3 aromatic rings. The Balaban J connectivity index is 1.55. The number of halogens is 1. The number of thiocarbonyl (C=S) groups is 1. The van der Waals surface area contributed by atoms with Gasteiger partial charge in [0.05, 0.1) is 6.10 Å². The summed E-state index contributed by atoms with van der Waals surface area (Å²) in [7, 11) is 0. The molecule has 6 nitrogen and oxygen atoms in total. The predicted molar refractivity (Wildman–Crippen MR) is 136 cm³/mol. The van der Waals surface area contributed by atoms with E-state index in [-0.39, 0.29) is 23.0 Å². The van der Waals surface area contributed by atoms with Gasteiger partial charge in [-0.1, -0.05) is 30.7 Å². The van der Waals surface area contributed by atoms with Gasteiger partial charge in [0.1, 0.15) is 5.75 Å². The summed E-state index contributed by atoms with van der Waals surface area (Å²) in [6, 6.07) is 20.6. The van der Waals surface area contributed by atoms with E-state index in [2.05, 4.69) is 16.0 Å². The first-order valence-electron chi connectivity index (χ1n) is 10.4. The maximum absolute atomic E-state index is 12.5. The fraction of sp³-hybridized carbons (Fsp3) is 0.160. The van der Waals surface area contributed by atoms with Gasteiger partial charge in [-0.05, 0) is 86.2 Å². The van der Waals surface area contributed by atoms with E-state index in [1.54, 1.807) is 66.7 Å². The minimum atomic E-state index is -0.340. The van der Waals surface area contributed by atoms with Gasteiger partial charge in [0.2, 0.25) is 0 Å². The second kappa shape index (κ2) is 11.4. The first-order chi connectivity index (χ1) is 15.8. The van der Waals surface area contributed by atoms with E-state index >= 15 is 0 Å². The smallest absolute Gasteiger partial charge is 0.257 e. The highest BCUT2D eigenvalue weighted by molar-refractivity contribution is 7.80. The van der Waals surface area contributed by atoms with Crippen LogP contribution in [0.2, 0.25) is 5.02 Å². The summed E-state index contributed by atoms with van der Waals surface area (Å²) in [6.07, 6.45) is 0.928. The number of anilines is 2. The van der Waals surface area contributed by atoms with E-state index in [9.17, 15) is 9.59 Å². The minimum absolute atomic E-state index is 0.0595. The molecule has 0 fully saturated rings. The molecule has 170 valence electrons. The maximum Gasteiger partial charge on any atom is 0.257 e. The molecule has 0 aliphatic rings. The molecule has 0 unspecified atom stereocenters. The molecule has 0 bridgehead atoms. The van der Waals surface area contributed by atoms with Crippen LogP contribution in [-0.4, -0.2) is 23.0 Å². The van der Waals surface area contributed by atoms with Gasteiger partial charge in [0.15, 0.2) is 5.11 Å². The first-order valence-corrected chi connectivity index (χ1v) is 11.2. The van der Waals surface area contributed by atoms with Crippen LogP contribution in [0.1, 0.15) is 41.0 Å². The number of amides is 2. The number of benzene rings is 3. The molecule has 2 amide bonds. The van der Waals surface area contributed by atoms with Crippen molar-refractivity contribution in [2.24, 2.45) is 0 Å². The van der Waals surface area contributed by atoms with Crippen LogP contribution in [0.15, 0.2) is 72.8 Å². The number of carbonyl (C=O) groups is 2. The van der Waals surface area contributed by atoms with Crippen LogP contribution in [0.3, 0.4) is 0 Å². The van der Waals surface area contributed by atoms with Crippen molar-refractivity contribution < 1.29 is 14.3 Å². The third kappa shape index (κ3) is 7.30. The molecule has 0 aliphatic heterocycles. The topological polar surface area (TPSA) is 79.5 Å². The first kappa shape index (κ1) is 24.2. The summed E-state index contributed by atoms with van der Waals surface area (Å²) in [5.41, 5.74) is 2.18. The summed E-state index contributed by atoms with van der Waals surface area (Å²) in [4.78, 5) is 24.9. The fourth-order valence-corrected chi connectivity index (χ4v) is 3.23. The van der Waals surface area contributed by atoms with E-state index in [0.717, 1.165) is 6.42 Å². The molecule has 0 radical (unpaired) electrons. The number of hydrogen-bond acceptors (Lipinski definition) is 4. The van der Waals surface area contributed by atoms with E-state index in [0.29, 0.717) is 33.3 Å². The molecule has 3 aromatic carbocycles. The maximum atomic E-state index is 12.5. The Hall–Kier alpha value is -3.42. The van der Waals surface area contributed by atoms with Gasteiger partial charge in [0.25, 0.3) is 11.8 Å². The second-order valence-electron chi connectivity index (χ2n) is 7.31. The Morgan fingerprint density at radius 3 is 2.15 bits per heavy atom. The number of hydrogen-bond donors (Lipinski definition) is 3. The molecule has 0 saturated heterocycles. The standard InChI is InChI=1S/C25H24ClN3O3S/c1-3-16(2)32-22-9-5-7-18(15-22)24(31)29-25(33)28-21-12-10-20(11-13-21)27-23(30)17-6-4-8-19(26)14-17/h4-16H,3H2,1-2H3,(H,27,30)(H2,28,29,31,33)/t16-/m1/s1. The monoisotopic (exact) mass is 481 g/mol. The van der Waals surface area contributed by atoms with Crippen molar-refractivity contribution in [1.29, 1.82) is 0 Å². The summed E-state index contributed by atoms with van der Waals surface area (Å²) in [5.74, 6) is 0.0272. The van der Waals surface area contributed by atoms with Crippen LogP contribution in [0.4, 0.5) is 11.4 Å². The summed E-state index contributed by atoms with van der Waals surface area (Å²) < 4.78 is 5.76. The zero-order chi connectivity index (χ0) is 23.8. The zero-order valence-electron chi connectivity index (χ0n) is 18.2. The van der Waals surface area contributed by atoms with Crippen molar-refractivity contribution in [3.63, 3.8) is 0 Å². The molecule has 0 heterocycles. The zero-order valence-corrected chi connectivity index (χ0v) is 19.8. The lowest BCUT2D eigenvalue weighted by Crippen LogP contribution is -2.34. The SMILES string of the molecule is CC[C@@H](C)Oc1cccc(C(=O)NC(=S)Nc2ccc(NC(=O)c3cccc(Cl)c3)cc2)c1. The molecular weight excluding hydrogens is 458 g/mol. The molecule has 0 saturated carbocycles. The van der Waals surface area contributed by atoms with E-state index in [1.807, 2.05) is 19.9 Å². The van der Waals surface area contributed by atoms with Crippen LogP contribution in [0.5, 0.6) is 5.75 Å². The van der Waals surface area contributed by atoms with Crippen molar-refractivity contribution in [1.82, 2.24) is 5.32 Å². The van der Waals surface area contributed by atoms with Gasteiger partial charge in [-0.2, -0.15) is 0 Å². The fourth-order valence-electron chi connectivity index (χ4n) is 2.83. The van der Waals surface area contributed by atoms with Gasteiger partial charge in [-0.25, -0.2) is 0 Å². The van der Waals surface area contributed by atoms with Gasteiger partial charge in [-0.15, -0.1) is 0 Å². The molecule has 33 heavy (non-hydrogen) atoms. The van der Waals surface area contributed by atoms with Crippen molar-refractivity contribution in [2.75, 3.05) is 10.6 Å². The normalized spacial score (nSPS) is 11.2. The van der Waals surface area contributed by atoms with E-state index < -0.39 is 0 Å². The highest BCUT2D eigenvalue weighted by atomic mass is 35.5. The summed E-state index contributed by atoms with van der Waals surface area (Å²) in [6.45, 7) is 4.00. The highest BCUT2D eigenvalue weighted by Gasteiger charge is 2.11. The predicted octanol–water partition coefficient (Wildman–Crippen LogP) is 5.90. The van der Waals surface area contributed by atoms with Gasteiger partial charge in [-0.3, -0.25) is 14.9 Å². The Kier molecular flexibility index (Phi) is 8.40. The summed E-state index contributed by atoms with van der Waals surface area (Å²) >= 11 is 11.2. The summed E-state index contributed by atoms with van der Waals surface area (Å²) in [5, 5.41) is 9.06. The van der Waals surface area contributed by atoms with Gasteiger partial charge in [0, 0.05) is 27.5 Å². The molecule has 0 spiro atoms. The average Bonchev–Trinajstić information content (AvgIpc) is 2.80. The van der Waals surface area contributed by atoms with E-state index in [1.165, 1.54) is 0 Å². The molecule has 8 heteroatoms. The third-order valence-corrected chi connectivity index (χ3v) is 5.16. The Labute approximate surface area is 203 Å². The molecule has 0 aliphatic carbocycles. The minimum Gasteiger partial charge on any atom is -0.491 e. The van der Waals surface area contributed by atoms with Crippen LogP contribution in [0.25, 0.3) is 0 Å². The molecular formula is C25H24ClN3O3S. The number of ether oxygens (including phenoxy) is 1. The van der Waals surface area contributed by atoms with Gasteiger partial charge >= 0.3 is 0 Å². The molecule has 3 rings (SSSR count).